The summed E-state index contributed by atoms with van der Waals surface area (Å²) in [6.07, 6.45) is 7.52. The van der Waals surface area contributed by atoms with E-state index in [9.17, 15) is 0 Å². The van der Waals surface area contributed by atoms with E-state index in [0.717, 1.165) is 77.7 Å². The topological polar surface area (TPSA) is 86.6 Å². The zero-order chi connectivity index (χ0) is 23.8. The largest absolute Gasteiger partial charge is 0.495 e. The molecule has 9 heteroatoms. The molecule has 5 aromatic rings. The van der Waals surface area contributed by atoms with E-state index in [-0.39, 0.29) is 0 Å². The van der Waals surface area contributed by atoms with Gasteiger partial charge >= 0.3 is 0 Å². The third-order valence-corrected chi connectivity index (χ3v) is 6.71. The molecule has 2 aromatic carbocycles. The first-order valence-corrected chi connectivity index (χ1v) is 11.9. The van der Waals surface area contributed by atoms with Gasteiger partial charge in [0, 0.05) is 67.5 Å². The number of benzene rings is 2. The smallest absolute Gasteiger partial charge is 0.180 e. The maximum Gasteiger partial charge on any atom is 0.180 e. The summed E-state index contributed by atoms with van der Waals surface area (Å²) >= 11 is 0. The van der Waals surface area contributed by atoms with Crippen molar-refractivity contribution in [3.63, 3.8) is 0 Å². The molecule has 1 fully saturated rings. The van der Waals surface area contributed by atoms with Gasteiger partial charge in [0.15, 0.2) is 11.5 Å². The normalized spacial score (nSPS) is 14.6. The fourth-order valence-electron chi connectivity index (χ4n) is 4.71. The Balaban J connectivity index is 1.32. The average molecular weight is 469 g/mol. The standard InChI is InChI=1S/C26H28N8O/c1-3-32-10-12-33(13-11-32)23-7-6-20(15-24(23)35-2)29-25-26-27-8-9-34(26)17-22(30-25)18-4-5-19-16-28-31-21(19)14-18/h4-9,14-17H,3,10-13H2,1-2H3,(H,28,31)(H,29,30). The summed E-state index contributed by atoms with van der Waals surface area (Å²) in [5, 5.41) is 11.7. The van der Waals surface area contributed by atoms with E-state index in [4.69, 9.17) is 9.72 Å². The number of fused-ring (bicyclic) bond motifs is 2. The minimum atomic E-state index is 0.684. The van der Waals surface area contributed by atoms with Gasteiger partial charge in [-0.05, 0) is 24.7 Å². The molecule has 6 rings (SSSR count). The van der Waals surface area contributed by atoms with Crippen LogP contribution in [0, 0.1) is 0 Å². The lowest BCUT2D eigenvalue weighted by atomic mass is 10.1. The highest BCUT2D eigenvalue weighted by Gasteiger charge is 2.19. The van der Waals surface area contributed by atoms with Gasteiger partial charge in [-0.2, -0.15) is 5.10 Å². The Morgan fingerprint density at radius 3 is 2.80 bits per heavy atom. The van der Waals surface area contributed by atoms with Gasteiger partial charge in [-0.3, -0.25) is 5.10 Å². The maximum atomic E-state index is 5.78. The quantitative estimate of drug-likeness (QED) is 0.387. The van der Waals surface area contributed by atoms with Gasteiger partial charge in [0.25, 0.3) is 0 Å². The molecule has 1 aliphatic heterocycles. The van der Waals surface area contributed by atoms with Crippen molar-refractivity contribution < 1.29 is 4.74 Å². The van der Waals surface area contributed by atoms with Gasteiger partial charge in [-0.25, -0.2) is 9.97 Å². The zero-order valence-electron chi connectivity index (χ0n) is 19.9. The Labute approximate surface area is 203 Å². The van der Waals surface area contributed by atoms with Crippen LogP contribution in [0.5, 0.6) is 5.75 Å². The molecule has 0 saturated carbocycles. The molecular formula is C26H28N8O. The van der Waals surface area contributed by atoms with Crippen molar-refractivity contribution in [2.24, 2.45) is 0 Å². The molecule has 178 valence electrons. The molecule has 0 atom stereocenters. The van der Waals surface area contributed by atoms with E-state index >= 15 is 0 Å². The highest BCUT2D eigenvalue weighted by Crippen LogP contribution is 2.34. The van der Waals surface area contributed by atoms with Gasteiger partial charge in [-0.1, -0.05) is 19.1 Å². The van der Waals surface area contributed by atoms with E-state index < -0.39 is 0 Å². The van der Waals surface area contributed by atoms with Gasteiger partial charge in [0.05, 0.1) is 30.2 Å². The van der Waals surface area contributed by atoms with Crippen LogP contribution >= 0.6 is 0 Å². The number of likely N-dealkylation sites (N-methyl/N-ethyl adjacent to an activating group) is 1. The zero-order valence-corrected chi connectivity index (χ0v) is 19.9. The third-order valence-electron chi connectivity index (χ3n) is 6.71. The number of nitrogens with one attached hydrogen (secondary N) is 2. The molecule has 0 aliphatic carbocycles. The van der Waals surface area contributed by atoms with Gasteiger partial charge in [-0.15, -0.1) is 0 Å². The predicted octanol–water partition coefficient (Wildman–Crippen LogP) is 4.17. The van der Waals surface area contributed by atoms with E-state index in [1.807, 2.05) is 35.1 Å². The number of piperazine rings is 1. The van der Waals surface area contributed by atoms with E-state index in [2.05, 4.69) is 61.5 Å². The van der Waals surface area contributed by atoms with Gasteiger partial charge in [0.2, 0.25) is 0 Å². The lowest BCUT2D eigenvalue weighted by Crippen LogP contribution is -2.46. The molecule has 4 heterocycles. The van der Waals surface area contributed by atoms with Crippen LogP contribution in [0.1, 0.15) is 6.92 Å². The Bertz CT molecular complexity index is 1480. The fourth-order valence-corrected chi connectivity index (χ4v) is 4.71. The van der Waals surface area contributed by atoms with Crippen LogP contribution in [-0.4, -0.2) is 69.3 Å². The van der Waals surface area contributed by atoms with Crippen molar-refractivity contribution in [2.45, 2.75) is 6.92 Å². The summed E-state index contributed by atoms with van der Waals surface area (Å²) in [5.41, 5.74) is 5.59. The fraction of sp³-hybridized carbons (Fsp3) is 0.269. The van der Waals surface area contributed by atoms with Gasteiger partial charge in [0.1, 0.15) is 5.75 Å². The van der Waals surface area contributed by atoms with Crippen molar-refractivity contribution in [3.05, 3.63) is 61.2 Å². The highest BCUT2D eigenvalue weighted by molar-refractivity contribution is 5.84. The first kappa shape index (κ1) is 21.4. The van der Waals surface area contributed by atoms with E-state index in [1.54, 1.807) is 13.3 Å². The average Bonchev–Trinajstić information content (AvgIpc) is 3.58. The Hall–Kier alpha value is -4.11. The van der Waals surface area contributed by atoms with E-state index in [0.29, 0.717) is 5.82 Å². The molecule has 3 aromatic heterocycles. The Morgan fingerprint density at radius 2 is 1.97 bits per heavy atom. The number of aromatic nitrogens is 5. The lowest BCUT2D eigenvalue weighted by Gasteiger charge is -2.36. The number of H-pyrrole nitrogens is 1. The number of rotatable bonds is 6. The number of nitrogens with zero attached hydrogens (tertiary/aromatic N) is 6. The van der Waals surface area contributed by atoms with Crippen molar-refractivity contribution in [2.75, 3.05) is 50.1 Å². The predicted molar refractivity (Wildman–Crippen MR) is 139 cm³/mol. The summed E-state index contributed by atoms with van der Waals surface area (Å²) in [6.45, 7) is 7.44. The summed E-state index contributed by atoms with van der Waals surface area (Å²) in [5.74, 6) is 1.53. The number of imidazole rings is 1. The van der Waals surface area contributed by atoms with Crippen molar-refractivity contribution in [1.82, 2.24) is 29.5 Å². The van der Waals surface area contributed by atoms with Crippen LogP contribution in [-0.2, 0) is 0 Å². The monoisotopic (exact) mass is 468 g/mol. The second-order valence-corrected chi connectivity index (χ2v) is 8.74. The molecule has 0 amide bonds. The molecule has 0 radical (unpaired) electrons. The summed E-state index contributed by atoms with van der Waals surface area (Å²) in [7, 11) is 1.72. The molecule has 0 bridgehead atoms. The third kappa shape index (κ3) is 4.04. The highest BCUT2D eigenvalue weighted by atomic mass is 16.5. The minimum Gasteiger partial charge on any atom is -0.495 e. The molecule has 35 heavy (non-hydrogen) atoms. The van der Waals surface area contributed by atoms with Crippen LogP contribution in [0.2, 0.25) is 0 Å². The minimum absolute atomic E-state index is 0.684. The molecule has 0 spiro atoms. The SMILES string of the molecule is CCN1CCN(c2ccc(Nc3nc(-c4ccc5cn[nH]c5c4)cn4ccnc34)cc2OC)CC1. The number of hydrogen-bond donors (Lipinski definition) is 2. The van der Waals surface area contributed by atoms with Crippen molar-refractivity contribution in [3.8, 4) is 17.0 Å². The summed E-state index contributed by atoms with van der Waals surface area (Å²) < 4.78 is 7.77. The van der Waals surface area contributed by atoms with Crippen molar-refractivity contribution in [1.29, 1.82) is 0 Å². The number of ether oxygens (including phenoxy) is 1. The second kappa shape index (κ2) is 8.92. The second-order valence-electron chi connectivity index (χ2n) is 8.74. The van der Waals surface area contributed by atoms with Crippen LogP contribution < -0.4 is 15.0 Å². The molecule has 2 N–H and O–H groups in total. The van der Waals surface area contributed by atoms with Crippen molar-refractivity contribution >= 4 is 33.7 Å². The number of hydrogen-bond acceptors (Lipinski definition) is 7. The number of anilines is 3. The first-order valence-electron chi connectivity index (χ1n) is 11.9. The Morgan fingerprint density at radius 1 is 1.09 bits per heavy atom. The summed E-state index contributed by atoms with van der Waals surface area (Å²) in [6, 6.07) is 12.4. The molecule has 0 unspecified atom stereocenters. The van der Waals surface area contributed by atoms with Crippen LogP contribution in [0.4, 0.5) is 17.2 Å². The summed E-state index contributed by atoms with van der Waals surface area (Å²) in [4.78, 5) is 14.3. The Kier molecular flexibility index (Phi) is 5.46. The number of aromatic amines is 1. The van der Waals surface area contributed by atoms with Gasteiger partial charge < -0.3 is 24.3 Å². The molecule has 1 saturated heterocycles. The molecule has 9 nitrogen and oxygen atoms in total. The van der Waals surface area contributed by atoms with Crippen LogP contribution in [0.15, 0.2) is 61.2 Å². The van der Waals surface area contributed by atoms with Crippen LogP contribution in [0.3, 0.4) is 0 Å². The van der Waals surface area contributed by atoms with Crippen LogP contribution in [0.25, 0.3) is 27.8 Å². The first-order chi connectivity index (χ1) is 17.2. The van der Waals surface area contributed by atoms with E-state index in [1.165, 1.54) is 0 Å². The number of methoxy groups -OCH3 is 1. The molecular weight excluding hydrogens is 440 g/mol. The molecule has 1 aliphatic rings. The maximum absolute atomic E-state index is 5.78. The lowest BCUT2D eigenvalue weighted by molar-refractivity contribution is 0.270.